The number of likely N-dealkylation sites (tertiary alicyclic amines) is 1. The Bertz CT molecular complexity index is 260. The van der Waals surface area contributed by atoms with Gasteiger partial charge in [0.1, 0.15) is 6.04 Å². The van der Waals surface area contributed by atoms with Crippen LogP contribution in [0.2, 0.25) is 0 Å². The van der Waals surface area contributed by atoms with Crippen LogP contribution in [0.1, 0.15) is 40.5 Å². The Labute approximate surface area is 117 Å². The Hall–Kier alpha value is -0.610. The van der Waals surface area contributed by atoms with Crippen molar-refractivity contribution in [3.05, 3.63) is 0 Å². The van der Waals surface area contributed by atoms with Crippen LogP contribution >= 0.6 is 0 Å². The molecule has 1 atom stereocenters. The van der Waals surface area contributed by atoms with E-state index in [1.54, 1.807) is 0 Å². The molecule has 0 saturated carbocycles. The predicted molar refractivity (Wildman–Crippen MR) is 76.0 cm³/mol. The number of carbonyl (C=O) groups is 1. The van der Waals surface area contributed by atoms with Gasteiger partial charge in [-0.2, -0.15) is 0 Å². The van der Waals surface area contributed by atoms with Gasteiger partial charge in [0.2, 0.25) is 0 Å². The summed E-state index contributed by atoms with van der Waals surface area (Å²) < 4.78 is 11.0. The minimum atomic E-state index is -0.222. The topological polar surface area (TPSA) is 38.8 Å². The van der Waals surface area contributed by atoms with E-state index < -0.39 is 0 Å². The lowest BCUT2D eigenvalue weighted by Gasteiger charge is -2.26. The van der Waals surface area contributed by atoms with Gasteiger partial charge in [0.15, 0.2) is 0 Å². The van der Waals surface area contributed by atoms with E-state index in [0.717, 1.165) is 25.9 Å². The largest absolute Gasteiger partial charge is 0.464 e. The lowest BCUT2D eigenvalue weighted by molar-refractivity contribution is -0.153. The fourth-order valence-corrected chi connectivity index (χ4v) is 2.14. The third-order valence-electron chi connectivity index (χ3n) is 3.14. The second-order valence-electron chi connectivity index (χ2n) is 6.21. The summed E-state index contributed by atoms with van der Waals surface area (Å²) >= 11 is 0. The van der Waals surface area contributed by atoms with Crippen molar-refractivity contribution in [3.8, 4) is 0 Å². The van der Waals surface area contributed by atoms with Crippen molar-refractivity contribution in [2.45, 2.75) is 46.6 Å². The van der Waals surface area contributed by atoms with Gasteiger partial charge >= 0.3 is 5.97 Å². The van der Waals surface area contributed by atoms with E-state index in [0.29, 0.717) is 31.7 Å². The van der Waals surface area contributed by atoms with E-state index in [1.807, 2.05) is 13.8 Å². The second kappa shape index (κ2) is 8.54. The van der Waals surface area contributed by atoms with Crippen molar-refractivity contribution in [2.24, 2.45) is 11.8 Å². The zero-order valence-corrected chi connectivity index (χ0v) is 12.9. The van der Waals surface area contributed by atoms with Gasteiger partial charge in [0.05, 0.1) is 13.2 Å². The van der Waals surface area contributed by atoms with Crippen LogP contribution in [0.4, 0.5) is 0 Å². The molecular formula is C15H29NO3. The van der Waals surface area contributed by atoms with Gasteiger partial charge in [-0.15, -0.1) is 0 Å². The highest BCUT2D eigenvalue weighted by molar-refractivity contribution is 5.76. The molecule has 1 saturated heterocycles. The van der Waals surface area contributed by atoms with Crippen molar-refractivity contribution >= 4 is 5.97 Å². The number of nitrogens with zero attached hydrogens (tertiary/aromatic N) is 1. The molecule has 4 nitrogen and oxygen atoms in total. The standard InChI is InChI=1S/C15H29NO3/c1-12(2)9-18-11-14(16-7-5-6-8-16)15(17)19-10-13(3)4/h12-14H,5-11H2,1-4H3. The van der Waals surface area contributed by atoms with Crippen LogP contribution < -0.4 is 0 Å². The van der Waals surface area contributed by atoms with Gasteiger partial charge in [-0.05, 0) is 37.8 Å². The molecule has 0 aliphatic carbocycles. The maximum absolute atomic E-state index is 12.2. The van der Waals surface area contributed by atoms with Crippen LogP contribution in [0.3, 0.4) is 0 Å². The smallest absolute Gasteiger partial charge is 0.325 e. The molecule has 0 aromatic rings. The Morgan fingerprint density at radius 3 is 2.11 bits per heavy atom. The average molecular weight is 271 g/mol. The molecule has 0 aromatic carbocycles. The van der Waals surface area contributed by atoms with Gasteiger partial charge in [-0.1, -0.05) is 27.7 Å². The highest BCUT2D eigenvalue weighted by Crippen LogP contribution is 2.14. The molecule has 0 aromatic heterocycles. The van der Waals surface area contributed by atoms with Crippen molar-refractivity contribution in [1.82, 2.24) is 4.90 Å². The normalized spacial score (nSPS) is 18.2. The minimum Gasteiger partial charge on any atom is -0.464 e. The van der Waals surface area contributed by atoms with E-state index in [-0.39, 0.29) is 12.0 Å². The van der Waals surface area contributed by atoms with Crippen molar-refractivity contribution < 1.29 is 14.3 Å². The quantitative estimate of drug-likeness (QED) is 0.635. The Balaban J connectivity index is 2.45. The molecule has 1 aliphatic heterocycles. The summed E-state index contributed by atoms with van der Waals surface area (Å²) in [5.41, 5.74) is 0. The molecular weight excluding hydrogens is 242 g/mol. The summed E-state index contributed by atoms with van der Waals surface area (Å²) in [4.78, 5) is 14.4. The summed E-state index contributed by atoms with van der Waals surface area (Å²) in [6.07, 6.45) is 2.33. The molecule has 19 heavy (non-hydrogen) atoms. The zero-order chi connectivity index (χ0) is 14.3. The highest BCUT2D eigenvalue weighted by Gasteiger charge is 2.29. The predicted octanol–water partition coefficient (Wildman–Crippen LogP) is 2.32. The monoisotopic (exact) mass is 271 g/mol. The second-order valence-corrected chi connectivity index (χ2v) is 6.21. The zero-order valence-electron chi connectivity index (χ0n) is 12.9. The van der Waals surface area contributed by atoms with Crippen LogP contribution in [0.25, 0.3) is 0 Å². The molecule has 1 aliphatic rings. The Kier molecular flexibility index (Phi) is 7.39. The molecule has 112 valence electrons. The first-order valence-corrected chi connectivity index (χ1v) is 7.49. The summed E-state index contributed by atoms with van der Waals surface area (Å²) in [6, 6.07) is -0.222. The van der Waals surface area contributed by atoms with Gasteiger partial charge in [-0.3, -0.25) is 9.69 Å². The molecule has 0 N–H and O–H groups in total. The van der Waals surface area contributed by atoms with Crippen LogP contribution in [-0.2, 0) is 14.3 Å². The Morgan fingerprint density at radius 1 is 1.00 bits per heavy atom. The fourth-order valence-electron chi connectivity index (χ4n) is 2.14. The maximum Gasteiger partial charge on any atom is 0.325 e. The first-order chi connectivity index (χ1) is 9.00. The van der Waals surface area contributed by atoms with Gasteiger partial charge in [-0.25, -0.2) is 0 Å². The van der Waals surface area contributed by atoms with E-state index in [2.05, 4.69) is 18.7 Å². The van der Waals surface area contributed by atoms with Crippen LogP contribution in [0, 0.1) is 11.8 Å². The van der Waals surface area contributed by atoms with Crippen molar-refractivity contribution in [1.29, 1.82) is 0 Å². The van der Waals surface area contributed by atoms with Crippen molar-refractivity contribution in [3.63, 3.8) is 0 Å². The lowest BCUT2D eigenvalue weighted by atomic mass is 10.2. The minimum absolute atomic E-state index is 0.126. The Morgan fingerprint density at radius 2 is 1.58 bits per heavy atom. The summed E-state index contributed by atoms with van der Waals surface area (Å²) in [5.74, 6) is 0.741. The summed E-state index contributed by atoms with van der Waals surface area (Å²) in [7, 11) is 0. The first-order valence-electron chi connectivity index (χ1n) is 7.49. The van der Waals surface area contributed by atoms with Crippen LogP contribution in [-0.4, -0.2) is 49.8 Å². The number of hydrogen-bond donors (Lipinski definition) is 0. The third-order valence-corrected chi connectivity index (χ3v) is 3.14. The van der Waals surface area contributed by atoms with Crippen LogP contribution in [0.15, 0.2) is 0 Å². The van der Waals surface area contributed by atoms with Gasteiger partial charge < -0.3 is 9.47 Å². The number of esters is 1. The average Bonchev–Trinajstić information content (AvgIpc) is 2.84. The molecule has 1 unspecified atom stereocenters. The van der Waals surface area contributed by atoms with E-state index >= 15 is 0 Å². The molecule has 4 heteroatoms. The molecule has 0 bridgehead atoms. The highest BCUT2D eigenvalue weighted by atomic mass is 16.5. The number of carbonyl (C=O) groups excluding carboxylic acids is 1. The number of ether oxygens (including phenoxy) is 2. The maximum atomic E-state index is 12.2. The molecule has 1 rings (SSSR count). The fraction of sp³-hybridized carbons (Fsp3) is 0.933. The van der Waals surface area contributed by atoms with E-state index in [4.69, 9.17) is 9.47 Å². The number of rotatable bonds is 8. The molecule has 1 fully saturated rings. The van der Waals surface area contributed by atoms with Gasteiger partial charge in [0, 0.05) is 6.61 Å². The van der Waals surface area contributed by atoms with Gasteiger partial charge in [0.25, 0.3) is 0 Å². The third kappa shape index (κ3) is 6.39. The molecule has 0 spiro atoms. The number of hydrogen-bond acceptors (Lipinski definition) is 4. The molecule has 1 heterocycles. The molecule has 0 radical (unpaired) electrons. The first kappa shape index (κ1) is 16.4. The summed E-state index contributed by atoms with van der Waals surface area (Å²) in [6.45, 7) is 11.9. The van der Waals surface area contributed by atoms with Crippen molar-refractivity contribution in [2.75, 3.05) is 32.9 Å². The lowest BCUT2D eigenvalue weighted by Crippen LogP contribution is -2.44. The van der Waals surface area contributed by atoms with E-state index in [1.165, 1.54) is 0 Å². The summed E-state index contributed by atoms with van der Waals surface area (Å²) in [5, 5.41) is 0. The SMILES string of the molecule is CC(C)COCC(C(=O)OCC(C)C)N1CCCC1. The molecule has 0 amide bonds. The van der Waals surface area contributed by atoms with E-state index in [9.17, 15) is 4.79 Å². The van der Waals surface area contributed by atoms with Crippen LogP contribution in [0.5, 0.6) is 0 Å².